The zero-order chi connectivity index (χ0) is 14.0. The highest BCUT2D eigenvalue weighted by Gasteiger charge is 2.18. The quantitative estimate of drug-likeness (QED) is 0.802. The number of nitrogens with zero attached hydrogens (tertiary/aromatic N) is 2. The molecule has 2 rings (SSSR count). The van der Waals surface area contributed by atoms with Crippen molar-refractivity contribution in [3.63, 3.8) is 0 Å². The first-order valence-corrected chi connectivity index (χ1v) is 7.66. The third-order valence-electron chi connectivity index (χ3n) is 3.29. The Labute approximate surface area is 118 Å². The molecule has 0 fully saturated rings. The molecule has 0 N–H and O–H groups in total. The monoisotopic (exact) mass is 276 g/mol. The predicted molar refractivity (Wildman–Crippen MR) is 81.1 cm³/mol. The number of benzene rings is 1. The summed E-state index contributed by atoms with van der Waals surface area (Å²) >= 11 is 1.65. The van der Waals surface area contributed by atoms with Gasteiger partial charge in [0.25, 0.3) is 0 Å². The van der Waals surface area contributed by atoms with Gasteiger partial charge in [-0.25, -0.2) is 4.79 Å². The van der Waals surface area contributed by atoms with Gasteiger partial charge in [0.2, 0.25) is 0 Å². The average Bonchev–Trinajstić information content (AvgIpc) is 2.64. The Morgan fingerprint density at radius 3 is 2.37 bits per heavy atom. The van der Waals surface area contributed by atoms with Crippen LogP contribution in [0.15, 0.2) is 40.2 Å². The Morgan fingerprint density at radius 2 is 1.84 bits per heavy atom. The van der Waals surface area contributed by atoms with Crippen molar-refractivity contribution < 1.29 is 0 Å². The molecule has 19 heavy (non-hydrogen) atoms. The molecule has 102 valence electrons. The fourth-order valence-corrected chi connectivity index (χ4v) is 3.23. The van der Waals surface area contributed by atoms with Crippen molar-refractivity contribution in [3.8, 4) is 0 Å². The normalized spacial score (nSPS) is 11.2. The molecule has 0 radical (unpaired) electrons. The number of imidazole rings is 1. The summed E-state index contributed by atoms with van der Waals surface area (Å²) in [5.74, 6) is 0. The Kier molecular flexibility index (Phi) is 4.20. The summed E-state index contributed by atoms with van der Waals surface area (Å²) in [7, 11) is 1.86. The summed E-state index contributed by atoms with van der Waals surface area (Å²) < 4.78 is 3.65. The Hall–Kier alpha value is -1.42. The van der Waals surface area contributed by atoms with Gasteiger partial charge in [-0.05, 0) is 25.7 Å². The molecule has 2 aromatic rings. The van der Waals surface area contributed by atoms with Gasteiger partial charge in [0.15, 0.2) is 0 Å². The SMILES string of the molecule is CSc1c(Cc2ccccc2)n(C)c(=O)n1C(C)C. The summed E-state index contributed by atoms with van der Waals surface area (Å²) in [5, 5.41) is 1.08. The summed E-state index contributed by atoms with van der Waals surface area (Å²) in [4.78, 5) is 12.3. The topological polar surface area (TPSA) is 26.9 Å². The molecule has 0 unspecified atom stereocenters. The van der Waals surface area contributed by atoms with Gasteiger partial charge in [-0.15, -0.1) is 11.8 Å². The minimum absolute atomic E-state index is 0.0743. The average molecular weight is 276 g/mol. The summed E-state index contributed by atoms with van der Waals surface area (Å²) in [6.45, 7) is 4.10. The lowest BCUT2D eigenvalue weighted by Gasteiger charge is -2.10. The molecule has 0 spiro atoms. The van der Waals surface area contributed by atoms with E-state index in [0.29, 0.717) is 0 Å². The van der Waals surface area contributed by atoms with E-state index < -0.39 is 0 Å². The van der Waals surface area contributed by atoms with Crippen molar-refractivity contribution in [3.05, 3.63) is 52.1 Å². The van der Waals surface area contributed by atoms with Crippen molar-refractivity contribution in [2.24, 2.45) is 7.05 Å². The van der Waals surface area contributed by atoms with Crippen LogP contribution in [0, 0.1) is 0 Å². The Balaban J connectivity index is 2.52. The first-order valence-electron chi connectivity index (χ1n) is 6.44. The lowest BCUT2D eigenvalue weighted by molar-refractivity contribution is 0.533. The van der Waals surface area contributed by atoms with Gasteiger partial charge in [-0.1, -0.05) is 30.3 Å². The zero-order valence-corrected chi connectivity index (χ0v) is 12.7. The van der Waals surface area contributed by atoms with Crippen LogP contribution in [0.3, 0.4) is 0 Å². The molecular formula is C15H20N2OS. The number of hydrogen-bond acceptors (Lipinski definition) is 2. The second-order valence-corrected chi connectivity index (χ2v) is 5.72. The van der Waals surface area contributed by atoms with E-state index in [0.717, 1.165) is 17.1 Å². The molecule has 1 aromatic carbocycles. The van der Waals surface area contributed by atoms with Crippen LogP contribution in [-0.4, -0.2) is 15.4 Å². The van der Waals surface area contributed by atoms with Crippen LogP contribution < -0.4 is 5.69 Å². The maximum absolute atomic E-state index is 12.3. The molecule has 0 saturated carbocycles. The van der Waals surface area contributed by atoms with E-state index in [1.165, 1.54) is 5.56 Å². The van der Waals surface area contributed by atoms with Gasteiger partial charge in [-0.3, -0.25) is 9.13 Å². The summed E-state index contributed by atoms with van der Waals surface area (Å²) in [5.41, 5.74) is 2.40. The van der Waals surface area contributed by atoms with E-state index in [1.807, 2.05) is 49.9 Å². The highest BCUT2D eigenvalue weighted by Crippen LogP contribution is 2.24. The summed E-state index contributed by atoms with van der Waals surface area (Å²) in [6, 6.07) is 10.5. The summed E-state index contributed by atoms with van der Waals surface area (Å²) in [6.07, 6.45) is 2.82. The zero-order valence-electron chi connectivity index (χ0n) is 11.9. The first kappa shape index (κ1) is 14.0. The van der Waals surface area contributed by atoms with Crippen molar-refractivity contribution in [2.75, 3.05) is 6.26 Å². The number of aromatic nitrogens is 2. The number of hydrogen-bond donors (Lipinski definition) is 0. The largest absolute Gasteiger partial charge is 0.329 e. The molecule has 0 bridgehead atoms. The molecule has 0 aliphatic rings. The van der Waals surface area contributed by atoms with Crippen LogP contribution in [0.4, 0.5) is 0 Å². The molecule has 0 saturated heterocycles. The molecule has 4 heteroatoms. The van der Waals surface area contributed by atoms with Crippen molar-refractivity contribution >= 4 is 11.8 Å². The molecule has 3 nitrogen and oxygen atoms in total. The van der Waals surface area contributed by atoms with Crippen LogP contribution in [0.2, 0.25) is 0 Å². The van der Waals surface area contributed by atoms with E-state index in [1.54, 1.807) is 16.3 Å². The minimum Gasteiger partial charge on any atom is -0.298 e. The minimum atomic E-state index is 0.0743. The second-order valence-electron chi connectivity index (χ2n) is 4.92. The van der Waals surface area contributed by atoms with Gasteiger partial charge in [-0.2, -0.15) is 0 Å². The van der Waals surface area contributed by atoms with Crippen molar-refractivity contribution in [1.29, 1.82) is 0 Å². The van der Waals surface area contributed by atoms with Gasteiger partial charge in [0.1, 0.15) is 0 Å². The Morgan fingerprint density at radius 1 is 1.21 bits per heavy atom. The highest BCUT2D eigenvalue weighted by molar-refractivity contribution is 7.98. The van der Waals surface area contributed by atoms with E-state index in [4.69, 9.17) is 0 Å². The maximum Gasteiger partial charge on any atom is 0.329 e. The van der Waals surface area contributed by atoms with Crippen LogP contribution in [0.25, 0.3) is 0 Å². The molecule has 1 heterocycles. The van der Waals surface area contributed by atoms with Gasteiger partial charge >= 0.3 is 5.69 Å². The predicted octanol–water partition coefficient (Wildman–Crippen LogP) is 3.08. The van der Waals surface area contributed by atoms with E-state index >= 15 is 0 Å². The smallest absolute Gasteiger partial charge is 0.298 e. The molecular weight excluding hydrogens is 256 g/mol. The number of thioether (sulfide) groups is 1. The first-order chi connectivity index (χ1) is 9.06. The third-order valence-corrected chi connectivity index (χ3v) is 4.11. The van der Waals surface area contributed by atoms with Crippen molar-refractivity contribution in [2.45, 2.75) is 31.3 Å². The van der Waals surface area contributed by atoms with Crippen LogP contribution in [-0.2, 0) is 13.5 Å². The molecule has 0 amide bonds. The van der Waals surface area contributed by atoms with Crippen molar-refractivity contribution in [1.82, 2.24) is 9.13 Å². The van der Waals surface area contributed by atoms with Crippen LogP contribution in [0.1, 0.15) is 31.1 Å². The van der Waals surface area contributed by atoms with Gasteiger partial charge in [0, 0.05) is 19.5 Å². The standard InChI is InChI=1S/C15H20N2OS/c1-11(2)17-14(19-4)13(16(3)15(17)18)10-12-8-6-5-7-9-12/h5-9,11H,10H2,1-4H3. The molecule has 1 aromatic heterocycles. The molecule has 0 aliphatic heterocycles. The molecule has 0 aliphatic carbocycles. The van der Waals surface area contributed by atoms with Crippen LogP contribution in [0.5, 0.6) is 0 Å². The van der Waals surface area contributed by atoms with Crippen LogP contribution >= 0.6 is 11.8 Å². The van der Waals surface area contributed by atoms with Gasteiger partial charge < -0.3 is 0 Å². The van der Waals surface area contributed by atoms with E-state index in [2.05, 4.69) is 12.1 Å². The third kappa shape index (κ3) is 2.63. The fraction of sp³-hybridized carbons (Fsp3) is 0.400. The maximum atomic E-state index is 12.3. The van der Waals surface area contributed by atoms with E-state index in [9.17, 15) is 4.79 Å². The van der Waals surface area contributed by atoms with Gasteiger partial charge in [0.05, 0.1) is 10.7 Å². The molecule has 0 atom stereocenters. The second kappa shape index (κ2) is 5.70. The lowest BCUT2D eigenvalue weighted by atomic mass is 10.1. The van der Waals surface area contributed by atoms with E-state index in [-0.39, 0.29) is 11.7 Å². The fourth-order valence-electron chi connectivity index (χ4n) is 2.30. The number of rotatable bonds is 4. The highest BCUT2D eigenvalue weighted by atomic mass is 32.2. The Bertz CT molecular complexity index is 611. The lowest BCUT2D eigenvalue weighted by Crippen LogP contribution is -2.24.